The molecule has 170 valence electrons. The Morgan fingerprint density at radius 1 is 0.357 bits per heavy atom. The summed E-state index contributed by atoms with van der Waals surface area (Å²) < 4.78 is 0. The molecule has 0 heterocycles. The highest BCUT2D eigenvalue weighted by atomic mass is 32.1. The van der Waals surface area contributed by atoms with Crippen molar-refractivity contribution in [3.63, 3.8) is 0 Å². The standard InChI is InChI=1S/C26H57P2/c1-4-7-10-13-14-15-16-17-18-19-20-23-26-28(27,24-21-11-8-5-2)25-22-12-9-6-3/h4-27H2,1-3H3/q+1. The molecule has 0 fully saturated rings. The number of hydrogen-bond donors (Lipinski definition) is 0. The molecule has 2 heteroatoms. The SMILES string of the molecule is CCCCCCCCCCCCCC[P+](P)(CCCCCC)CCCCCC. The molecule has 0 aromatic rings. The highest BCUT2D eigenvalue weighted by molar-refractivity contribution is 8.24. The first-order chi connectivity index (χ1) is 13.7. The van der Waals surface area contributed by atoms with Crippen LogP contribution in [-0.4, -0.2) is 18.5 Å². The normalized spacial score (nSPS) is 12.0. The maximum Gasteiger partial charge on any atom is 0.0611 e. The minimum atomic E-state index is -0.713. The summed E-state index contributed by atoms with van der Waals surface area (Å²) >= 11 is 0. The maximum absolute atomic E-state index is 3.44. The van der Waals surface area contributed by atoms with E-state index in [-0.39, 0.29) is 0 Å². The van der Waals surface area contributed by atoms with Crippen molar-refractivity contribution in [1.29, 1.82) is 0 Å². The van der Waals surface area contributed by atoms with Gasteiger partial charge in [-0.2, -0.15) is 0 Å². The van der Waals surface area contributed by atoms with Crippen molar-refractivity contribution in [2.24, 2.45) is 0 Å². The van der Waals surface area contributed by atoms with Crippen molar-refractivity contribution in [2.45, 2.75) is 149 Å². The highest BCUT2D eigenvalue weighted by Crippen LogP contribution is 2.68. The van der Waals surface area contributed by atoms with Gasteiger partial charge in [0.2, 0.25) is 0 Å². The lowest BCUT2D eigenvalue weighted by Crippen LogP contribution is -2.03. The number of rotatable bonds is 23. The van der Waals surface area contributed by atoms with Gasteiger partial charge >= 0.3 is 0 Å². The topological polar surface area (TPSA) is 0 Å². The van der Waals surface area contributed by atoms with Gasteiger partial charge in [0, 0.05) is 15.9 Å². The van der Waals surface area contributed by atoms with E-state index in [4.69, 9.17) is 0 Å². The first-order valence-corrected chi connectivity index (χ1v) is 17.3. The lowest BCUT2D eigenvalue weighted by atomic mass is 10.1. The van der Waals surface area contributed by atoms with Crippen LogP contribution in [0, 0.1) is 0 Å². The molecule has 0 spiro atoms. The summed E-state index contributed by atoms with van der Waals surface area (Å²) in [6.07, 6.45) is 33.9. The monoisotopic (exact) mass is 431 g/mol. The average Bonchev–Trinajstić information content (AvgIpc) is 2.70. The van der Waals surface area contributed by atoms with E-state index in [2.05, 4.69) is 29.7 Å². The Morgan fingerprint density at radius 2 is 0.571 bits per heavy atom. The van der Waals surface area contributed by atoms with Crippen LogP contribution in [0.25, 0.3) is 0 Å². The van der Waals surface area contributed by atoms with Crippen LogP contribution in [-0.2, 0) is 0 Å². The first-order valence-electron chi connectivity index (χ1n) is 13.3. The van der Waals surface area contributed by atoms with Crippen LogP contribution >= 0.6 is 15.9 Å². The van der Waals surface area contributed by atoms with Gasteiger partial charge in [0.05, 0.1) is 18.5 Å². The van der Waals surface area contributed by atoms with Gasteiger partial charge in [0.1, 0.15) is 0 Å². The molecule has 0 aliphatic carbocycles. The lowest BCUT2D eigenvalue weighted by molar-refractivity contribution is 0.548. The molecule has 0 amide bonds. The van der Waals surface area contributed by atoms with Gasteiger partial charge in [0.15, 0.2) is 0 Å². The molecule has 0 radical (unpaired) electrons. The fraction of sp³-hybridized carbons (Fsp3) is 1.00. The Labute approximate surface area is 183 Å². The summed E-state index contributed by atoms with van der Waals surface area (Å²) in [5.41, 5.74) is 0. The smallest absolute Gasteiger partial charge is 0.0611 e. The fourth-order valence-electron chi connectivity index (χ4n) is 4.31. The van der Waals surface area contributed by atoms with Gasteiger partial charge in [0.25, 0.3) is 0 Å². The average molecular weight is 432 g/mol. The number of hydrogen-bond acceptors (Lipinski definition) is 0. The van der Waals surface area contributed by atoms with E-state index in [9.17, 15) is 0 Å². The van der Waals surface area contributed by atoms with Crippen LogP contribution in [0.15, 0.2) is 0 Å². The third-order valence-corrected chi connectivity index (χ3v) is 12.3. The molecular weight excluding hydrogens is 374 g/mol. The summed E-state index contributed by atoms with van der Waals surface area (Å²) in [6.45, 7) is 6.26. The quantitative estimate of drug-likeness (QED) is 0.111. The van der Waals surface area contributed by atoms with E-state index in [1.165, 1.54) is 128 Å². The second kappa shape index (κ2) is 22.5. The summed E-state index contributed by atoms with van der Waals surface area (Å²) in [5, 5.41) is 0. The van der Waals surface area contributed by atoms with Gasteiger partial charge in [-0.3, -0.25) is 0 Å². The first kappa shape index (κ1) is 28.9. The molecule has 0 aromatic carbocycles. The molecule has 1 atom stereocenters. The molecule has 0 nitrogen and oxygen atoms in total. The summed E-state index contributed by atoms with van der Waals surface area (Å²) in [5.74, 6) is 0. The van der Waals surface area contributed by atoms with Crippen molar-refractivity contribution in [2.75, 3.05) is 18.5 Å². The second-order valence-corrected chi connectivity index (χ2v) is 16.5. The number of unbranched alkanes of at least 4 members (excludes halogenated alkanes) is 17. The Hall–Kier alpha value is 0.860. The Balaban J connectivity index is 3.75. The van der Waals surface area contributed by atoms with Gasteiger partial charge < -0.3 is 0 Å². The van der Waals surface area contributed by atoms with Crippen LogP contribution in [0.3, 0.4) is 0 Å². The zero-order valence-electron chi connectivity index (χ0n) is 20.3. The van der Waals surface area contributed by atoms with Crippen LogP contribution in [0.1, 0.15) is 149 Å². The predicted molar refractivity (Wildman–Crippen MR) is 141 cm³/mol. The van der Waals surface area contributed by atoms with Crippen LogP contribution in [0.4, 0.5) is 0 Å². The van der Waals surface area contributed by atoms with Crippen molar-refractivity contribution in [1.82, 2.24) is 0 Å². The van der Waals surface area contributed by atoms with Gasteiger partial charge in [-0.1, -0.05) is 111 Å². The molecule has 0 saturated carbocycles. The van der Waals surface area contributed by atoms with E-state index in [1.807, 2.05) is 0 Å². The van der Waals surface area contributed by atoms with E-state index >= 15 is 0 Å². The summed E-state index contributed by atoms with van der Waals surface area (Å²) in [4.78, 5) is 0. The van der Waals surface area contributed by atoms with Crippen LogP contribution in [0.5, 0.6) is 0 Å². The van der Waals surface area contributed by atoms with E-state index in [1.54, 1.807) is 18.5 Å². The zero-order valence-corrected chi connectivity index (χ0v) is 22.3. The van der Waals surface area contributed by atoms with Crippen molar-refractivity contribution in [3.05, 3.63) is 0 Å². The van der Waals surface area contributed by atoms with E-state index < -0.39 is 6.95 Å². The van der Waals surface area contributed by atoms with Gasteiger partial charge in [-0.25, -0.2) is 0 Å². The summed E-state index contributed by atoms with van der Waals surface area (Å²) in [7, 11) is 3.44. The third-order valence-electron chi connectivity index (χ3n) is 6.37. The Morgan fingerprint density at radius 3 is 0.857 bits per heavy atom. The molecule has 0 aliphatic heterocycles. The third kappa shape index (κ3) is 20.1. The molecule has 0 N–H and O–H groups in total. The van der Waals surface area contributed by atoms with Gasteiger partial charge in [-0.15, -0.1) is 0 Å². The van der Waals surface area contributed by atoms with Crippen molar-refractivity contribution < 1.29 is 0 Å². The zero-order chi connectivity index (χ0) is 20.8. The largest absolute Gasteiger partial charge is 0.0654 e. The molecule has 28 heavy (non-hydrogen) atoms. The molecule has 0 rings (SSSR count). The Bertz CT molecular complexity index is 278. The maximum atomic E-state index is 3.44. The summed E-state index contributed by atoms with van der Waals surface area (Å²) in [6, 6.07) is 0. The minimum absolute atomic E-state index is 0.713. The second-order valence-electron chi connectivity index (χ2n) is 9.40. The fourth-order valence-corrected chi connectivity index (χ4v) is 9.18. The van der Waals surface area contributed by atoms with Gasteiger partial charge in [-0.05, 0) is 38.5 Å². The van der Waals surface area contributed by atoms with E-state index in [0.29, 0.717) is 0 Å². The van der Waals surface area contributed by atoms with E-state index in [0.717, 1.165) is 0 Å². The van der Waals surface area contributed by atoms with Crippen molar-refractivity contribution >= 4 is 15.9 Å². The molecule has 0 bridgehead atoms. The highest BCUT2D eigenvalue weighted by Gasteiger charge is 2.29. The molecule has 1 unspecified atom stereocenters. The van der Waals surface area contributed by atoms with Crippen LogP contribution in [0.2, 0.25) is 0 Å². The van der Waals surface area contributed by atoms with Crippen molar-refractivity contribution in [3.8, 4) is 0 Å². The minimum Gasteiger partial charge on any atom is -0.0654 e. The molecule has 0 saturated heterocycles. The Kier molecular flexibility index (Phi) is 23.2. The molecule has 0 aromatic heterocycles. The predicted octanol–water partition coefficient (Wildman–Crippen LogP) is 10.7. The molecule has 0 aliphatic rings. The molecular formula is C26H57P2+. The van der Waals surface area contributed by atoms with Crippen LogP contribution < -0.4 is 0 Å². The lowest BCUT2D eigenvalue weighted by Gasteiger charge is -2.23.